The molecule has 0 spiro atoms. The third kappa shape index (κ3) is 2.72. The highest BCUT2D eigenvalue weighted by atomic mass is 16.2. The molecule has 0 atom stereocenters. The number of anilines is 1. The van der Waals surface area contributed by atoms with Crippen molar-refractivity contribution in [1.29, 1.82) is 0 Å². The summed E-state index contributed by atoms with van der Waals surface area (Å²) < 4.78 is 0. The summed E-state index contributed by atoms with van der Waals surface area (Å²) in [5.41, 5.74) is 1.14. The van der Waals surface area contributed by atoms with E-state index in [1.165, 1.54) is 0 Å². The molecule has 1 aromatic rings. The number of amides is 1. The Morgan fingerprint density at radius 2 is 1.94 bits per heavy atom. The van der Waals surface area contributed by atoms with Crippen LogP contribution in [0.4, 0.5) is 5.69 Å². The Kier molecular flexibility index (Phi) is 3.55. The van der Waals surface area contributed by atoms with Crippen LogP contribution in [0.15, 0.2) is 24.5 Å². The Balaban J connectivity index is 1.91. The van der Waals surface area contributed by atoms with Gasteiger partial charge in [0, 0.05) is 44.3 Å². The van der Waals surface area contributed by atoms with Crippen LogP contribution in [-0.2, 0) is 4.79 Å². The predicted molar refractivity (Wildman–Crippen MR) is 64.5 cm³/mol. The van der Waals surface area contributed by atoms with Crippen LogP contribution in [0.2, 0.25) is 0 Å². The fourth-order valence-corrected chi connectivity index (χ4v) is 1.94. The number of hydrogen-bond acceptors (Lipinski definition) is 3. The van der Waals surface area contributed by atoms with Crippen LogP contribution in [-0.4, -0.2) is 48.5 Å². The van der Waals surface area contributed by atoms with Crippen LogP contribution in [0.5, 0.6) is 0 Å². The average Bonchev–Trinajstić information content (AvgIpc) is 2.40. The molecule has 0 unspecified atom stereocenters. The van der Waals surface area contributed by atoms with Crippen LogP contribution < -0.4 is 4.90 Å². The van der Waals surface area contributed by atoms with Gasteiger partial charge in [-0.05, 0) is 12.1 Å². The Bertz CT molecular complexity index is 418. The van der Waals surface area contributed by atoms with E-state index in [1.54, 1.807) is 17.3 Å². The molecule has 17 heavy (non-hydrogen) atoms. The molecular weight excluding hydrogens is 216 g/mol. The highest BCUT2D eigenvalue weighted by molar-refractivity contribution is 5.80. The lowest BCUT2D eigenvalue weighted by atomic mass is 10.2. The second-order valence-electron chi connectivity index (χ2n) is 3.89. The lowest BCUT2D eigenvalue weighted by Crippen LogP contribution is -2.49. The van der Waals surface area contributed by atoms with Gasteiger partial charge in [-0.1, -0.05) is 0 Å². The minimum Gasteiger partial charge on any atom is -0.368 e. The first-order chi connectivity index (χ1) is 8.31. The molecule has 2 rings (SSSR count). The summed E-state index contributed by atoms with van der Waals surface area (Å²) >= 11 is 0. The number of aromatic nitrogens is 1. The number of rotatable bonds is 2. The smallest absolute Gasteiger partial charge is 0.302 e. The zero-order chi connectivity index (χ0) is 12.1. The molecule has 5 heteroatoms. The van der Waals surface area contributed by atoms with E-state index in [1.807, 2.05) is 12.1 Å². The first-order valence-electron chi connectivity index (χ1n) is 5.57. The van der Waals surface area contributed by atoms with E-state index in [2.05, 4.69) is 14.7 Å². The van der Waals surface area contributed by atoms with Gasteiger partial charge in [-0.25, -0.2) is 6.57 Å². The Hall–Kier alpha value is -2.09. The first-order valence-corrected chi connectivity index (χ1v) is 5.57. The largest absolute Gasteiger partial charge is 0.368 e. The minimum absolute atomic E-state index is 0.0325. The maximum Gasteiger partial charge on any atom is 0.302 e. The maximum absolute atomic E-state index is 11.5. The summed E-state index contributed by atoms with van der Waals surface area (Å²) in [6, 6.07) is 3.94. The van der Waals surface area contributed by atoms with Crippen molar-refractivity contribution in [3.05, 3.63) is 35.9 Å². The standard InChI is InChI=1S/C12H14N4O/c1-13-10-12(17)16-8-6-15(7-9-16)11-2-4-14-5-3-11/h2-5H,6-10H2. The molecule has 5 nitrogen and oxygen atoms in total. The molecular formula is C12H14N4O. The average molecular weight is 230 g/mol. The van der Waals surface area contributed by atoms with E-state index in [4.69, 9.17) is 6.57 Å². The Morgan fingerprint density at radius 3 is 2.53 bits per heavy atom. The molecule has 2 heterocycles. The molecule has 0 aromatic carbocycles. The van der Waals surface area contributed by atoms with Gasteiger partial charge in [0.1, 0.15) is 0 Å². The van der Waals surface area contributed by atoms with Crippen LogP contribution in [0.1, 0.15) is 0 Å². The monoisotopic (exact) mass is 230 g/mol. The van der Waals surface area contributed by atoms with Crippen molar-refractivity contribution in [2.75, 3.05) is 37.6 Å². The number of carbonyl (C=O) groups excluding carboxylic acids is 1. The molecule has 1 aliphatic heterocycles. The molecule has 0 aliphatic carbocycles. The summed E-state index contributed by atoms with van der Waals surface area (Å²) in [6.07, 6.45) is 3.54. The van der Waals surface area contributed by atoms with Gasteiger partial charge in [-0.3, -0.25) is 9.78 Å². The number of nitrogens with zero attached hydrogens (tertiary/aromatic N) is 4. The topological polar surface area (TPSA) is 40.8 Å². The van der Waals surface area contributed by atoms with Gasteiger partial charge in [-0.2, -0.15) is 0 Å². The van der Waals surface area contributed by atoms with Gasteiger partial charge in [0.25, 0.3) is 6.54 Å². The van der Waals surface area contributed by atoms with Gasteiger partial charge in [0.15, 0.2) is 0 Å². The fraction of sp³-hybridized carbons (Fsp3) is 0.417. The summed E-state index contributed by atoms with van der Waals surface area (Å²) in [4.78, 5) is 22.6. The van der Waals surface area contributed by atoms with Gasteiger partial charge in [0.2, 0.25) is 0 Å². The third-order valence-electron chi connectivity index (χ3n) is 2.87. The predicted octanol–water partition coefficient (Wildman–Crippen LogP) is 0.649. The Morgan fingerprint density at radius 1 is 1.29 bits per heavy atom. The zero-order valence-corrected chi connectivity index (χ0v) is 9.54. The lowest BCUT2D eigenvalue weighted by molar-refractivity contribution is -0.129. The van der Waals surface area contributed by atoms with E-state index >= 15 is 0 Å². The zero-order valence-electron chi connectivity index (χ0n) is 9.54. The summed E-state index contributed by atoms with van der Waals surface area (Å²) in [7, 11) is 0. The number of piperazine rings is 1. The van der Waals surface area contributed by atoms with E-state index < -0.39 is 0 Å². The molecule has 1 aliphatic rings. The van der Waals surface area contributed by atoms with Crippen LogP contribution in [0.3, 0.4) is 0 Å². The molecule has 0 N–H and O–H groups in total. The van der Waals surface area contributed by atoms with Gasteiger partial charge >= 0.3 is 5.91 Å². The second kappa shape index (κ2) is 5.30. The molecule has 88 valence electrons. The van der Waals surface area contributed by atoms with Crippen molar-refractivity contribution in [2.45, 2.75) is 0 Å². The quantitative estimate of drug-likeness (QED) is 0.700. The first kappa shape index (κ1) is 11.4. The van der Waals surface area contributed by atoms with Crippen molar-refractivity contribution in [1.82, 2.24) is 9.88 Å². The molecule has 0 bridgehead atoms. The fourth-order valence-electron chi connectivity index (χ4n) is 1.94. The van der Waals surface area contributed by atoms with Crippen molar-refractivity contribution in [2.24, 2.45) is 0 Å². The van der Waals surface area contributed by atoms with E-state index in [9.17, 15) is 4.79 Å². The van der Waals surface area contributed by atoms with Crippen molar-refractivity contribution in [3.8, 4) is 0 Å². The van der Waals surface area contributed by atoms with Crippen molar-refractivity contribution < 1.29 is 4.79 Å². The minimum atomic E-state index is -0.0608. The number of carbonyl (C=O) groups is 1. The van der Waals surface area contributed by atoms with Crippen LogP contribution in [0, 0.1) is 6.57 Å². The Labute approximate surface area is 100 Å². The summed E-state index contributed by atoms with van der Waals surface area (Å²) in [6.45, 7) is 9.66. The van der Waals surface area contributed by atoms with E-state index in [0.717, 1.165) is 18.8 Å². The van der Waals surface area contributed by atoms with Crippen molar-refractivity contribution >= 4 is 11.6 Å². The van der Waals surface area contributed by atoms with Gasteiger partial charge < -0.3 is 14.6 Å². The van der Waals surface area contributed by atoms with E-state index in [0.29, 0.717) is 13.1 Å². The molecule has 1 aromatic heterocycles. The van der Waals surface area contributed by atoms with E-state index in [-0.39, 0.29) is 12.5 Å². The van der Waals surface area contributed by atoms with Gasteiger partial charge in [0.05, 0.1) is 0 Å². The van der Waals surface area contributed by atoms with Gasteiger partial charge in [-0.15, -0.1) is 0 Å². The number of hydrogen-bond donors (Lipinski definition) is 0. The molecule has 0 radical (unpaired) electrons. The van der Waals surface area contributed by atoms with Crippen molar-refractivity contribution in [3.63, 3.8) is 0 Å². The molecule has 1 fully saturated rings. The molecule has 1 amide bonds. The molecule has 0 saturated carbocycles. The normalized spacial score (nSPS) is 15.5. The number of pyridine rings is 1. The SMILES string of the molecule is [C-]#[N+]CC(=O)N1CCN(c2ccncc2)CC1. The second-order valence-corrected chi connectivity index (χ2v) is 3.89. The lowest BCUT2D eigenvalue weighted by Gasteiger charge is -2.35. The highest BCUT2D eigenvalue weighted by Gasteiger charge is 2.22. The summed E-state index contributed by atoms with van der Waals surface area (Å²) in [5, 5.41) is 0. The summed E-state index contributed by atoms with van der Waals surface area (Å²) in [5.74, 6) is -0.0608. The maximum atomic E-state index is 11.5. The highest BCUT2D eigenvalue weighted by Crippen LogP contribution is 2.14. The van der Waals surface area contributed by atoms with Crippen LogP contribution in [0.25, 0.3) is 4.85 Å². The van der Waals surface area contributed by atoms with Crippen LogP contribution >= 0.6 is 0 Å². The molecule has 1 saturated heterocycles. The third-order valence-corrected chi connectivity index (χ3v) is 2.87.